The van der Waals surface area contributed by atoms with E-state index in [-0.39, 0.29) is 0 Å². The first-order valence-corrected chi connectivity index (χ1v) is 3.40. The molecule has 3 nitrogen and oxygen atoms in total. The number of aliphatic hydroxyl groups is 1. The summed E-state index contributed by atoms with van der Waals surface area (Å²) >= 11 is 0. The maximum atomic E-state index is 9.14. The predicted molar refractivity (Wildman–Crippen MR) is 41.6 cm³/mol. The van der Waals surface area contributed by atoms with E-state index in [2.05, 4.69) is 10.3 Å². The molecular formula is C7H12N2O. The number of rotatable bonds is 3. The van der Waals surface area contributed by atoms with E-state index in [4.69, 9.17) is 5.11 Å². The Hall–Kier alpha value is -0.830. The lowest BCUT2D eigenvalue weighted by Gasteiger charge is -1.97. The molecule has 1 rings (SSSR count). The van der Waals surface area contributed by atoms with Gasteiger partial charge in [0.15, 0.2) is 0 Å². The molecule has 2 N–H and O–H groups in total. The van der Waals surface area contributed by atoms with Crippen molar-refractivity contribution in [3.8, 4) is 0 Å². The standard InChI is InChI=1S/C7H12N2O/c1-8-3-2-6-4-9-5-7(6)10/h4,8,10H,2-3,5H2,1H3. The summed E-state index contributed by atoms with van der Waals surface area (Å²) in [4.78, 5) is 3.92. The molecule has 0 aliphatic carbocycles. The van der Waals surface area contributed by atoms with Crippen molar-refractivity contribution in [3.63, 3.8) is 0 Å². The summed E-state index contributed by atoms with van der Waals surface area (Å²) < 4.78 is 0. The third-order valence-electron chi connectivity index (χ3n) is 1.50. The lowest BCUT2D eigenvalue weighted by atomic mass is 10.2. The van der Waals surface area contributed by atoms with Crippen molar-refractivity contribution in [2.75, 3.05) is 20.1 Å². The van der Waals surface area contributed by atoms with E-state index < -0.39 is 0 Å². The van der Waals surface area contributed by atoms with Gasteiger partial charge in [0, 0.05) is 11.8 Å². The van der Waals surface area contributed by atoms with Crippen LogP contribution in [0.3, 0.4) is 0 Å². The molecule has 1 aliphatic heterocycles. The van der Waals surface area contributed by atoms with Gasteiger partial charge in [0.25, 0.3) is 0 Å². The quantitative estimate of drug-likeness (QED) is 0.599. The maximum absolute atomic E-state index is 9.14. The molecule has 0 atom stereocenters. The van der Waals surface area contributed by atoms with E-state index >= 15 is 0 Å². The van der Waals surface area contributed by atoms with E-state index in [0.717, 1.165) is 18.5 Å². The molecule has 0 radical (unpaired) electrons. The van der Waals surface area contributed by atoms with Gasteiger partial charge < -0.3 is 10.4 Å². The maximum Gasteiger partial charge on any atom is 0.118 e. The van der Waals surface area contributed by atoms with Crippen LogP contribution in [0.5, 0.6) is 0 Å². The first-order chi connectivity index (χ1) is 4.84. The Morgan fingerprint density at radius 1 is 1.80 bits per heavy atom. The Labute approximate surface area is 60.5 Å². The van der Waals surface area contributed by atoms with E-state index in [1.165, 1.54) is 0 Å². The molecular weight excluding hydrogens is 128 g/mol. The predicted octanol–water partition coefficient (Wildman–Crippen LogP) is 0.492. The molecule has 0 bridgehead atoms. The Morgan fingerprint density at radius 3 is 3.10 bits per heavy atom. The Bertz CT molecular complexity index is 172. The molecule has 0 spiro atoms. The molecule has 0 aromatic rings. The lowest BCUT2D eigenvalue weighted by molar-refractivity contribution is 0.402. The number of hydrogen-bond donors (Lipinski definition) is 2. The minimum absolute atomic E-state index is 0.426. The zero-order chi connectivity index (χ0) is 7.40. The number of aliphatic imine (C=N–C) groups is 1. The summed E-state index contributed by atoms with van der Waals surface area (Å²) in [6.45, 7) is 1.37. The topological polar surface area (TPSA) is 44.6 Å². The molecule has 10 heavy (non-hydrogen) atoms. The van der Waals surface area contributed by atoms with Crippen LogP contribution < -0.4 is 5.32 Å². The lowest BCUT2D eigenvalue weighted by Crippen LogP contribution is -2.09. The smallest absolute Gasteiger partial charge is 0.118 e. The van der Waals surface area contributed by atoms with Crippen molar-refractivity contribution < 1.29 is 5.11 Å². The van der Waals surface area contributed by atoms with Crippen molar-refractivity contribution in [1.82, 2.24) is 5.32 Å². The highest BCUT2D eigenvalue weighted by Gasteiger charge is 2.06. The summed E-state index contributed by atoms with van der Waals surface area (Å²) in [5, 5.41) is 12.2. The highest BCUT2D eigenvalue weighted by Crippen LogP contribution is 2.09. The fraction of sp³-hybridized carbons (Fsp3) is 0.571. The van der Waals surface area contributed by atoms with E-state index in [1.54, 1.807) is 6.21 Å². The summed E-state index contributed by atoms with van der Waals surface area (Å²) in [6.07, 6.45) is 2.61. The van der Waals surface area contributed by atoms with Gasteiger partial charge in [-0.1, -0.05) is 0 Å². The van der Waals surface area contributed by atoms with Crippen LogP contribution in [0.2, 0.25) is 0 Å². The second-order valence-electron chi connectivity index (χ2n) is 2.30. The van der Waals surface area contributed by atoms with Crippen LogP contribution in [0.25, 0.3) is 0 Å². The third-order valence-corrected chi connectivity index (χ3v) is 1.50. The van der Waals surface area contributed by atoms with Gasteiger partial charge in [-0.25, -0.2) is 0 Å². The Kier molecular flexibility index (Phi) is 2.45. The molecule has 0 unspecified atom stereocenters. The molecule has 3 heteroatoms. The van der Waals surface area contributed by atoms with Gasteiger partial charge in [0.05, 0.1) is 6.54 Å². The highest BCUT2D eigenvalue weighted by atomic mass is 16.3. The van der Waals surface area contributed by atoms with Crippen LogP contribution in [-0.2, 0) is 0 Å². The van der Waals surface area contributed by atoms with Crippen molar-refractivity contribution >= 4 is 6.21 Å². The molecule has 1 aliphatic rings. The fourth-order valence-corrected chi connectivity index (χ4v) is 0.887. The van der Waals surface area contributed by atoms with Crippen molar-refractivity contribution in [2.24, 2.45) is 4.99 Å². The first-order valence-electron chi connectivity index (χ1n) is 3.40. The van der Waals surface area contributed by atoms with E-state index in [0.29, 0.717) is 12.3 Å². The van der Waals surface area contributed by atoms with Crippen LogP contribution >= 0.6 is 0 Å². The van der Waals surface area contributed by atoms with Crippen LogP contribution in [0.1, 0.15) is 6.42 Å². The van der Waals surface area contributed by atoms with Crippen LogP contribution in [-0.4, -0.2) is 31.5 Å². The minimum atomic E-state index is 0.426. The molecule has 0 amide bonds. The average molecular weight is 140 g/mol. The molecule has 0 aromatic carbocycles. The van der Waals surface area contributed by atoms with Gasteiger partial charge in [-0.15, -0.1) is 0 Å². The molecule has 0 saturated carbocycles. The van der Waals surface area contributed by atoms with Crippen molar-refractivity contribution in [2.45, 2.75) is 6.42 Å². The van der Waals surface area contributed by atoms with E-state index in [1.807, 2.05) is 7.05 Å². The van der Waals surface area contributed by atoms with Gasteiger partial charge in [0.2, 0.25) is 0 Å². The Balaban J connectivity index is 2.38. The molecule has 0 fully saturated rings. The SMILES string of the molecule is CNCCC1=C(O)CN=C1. The zero-order valence-corrected chi connectivity index (χ0v) is 6.09. The average Bonchev–Trinajstić information content (AvgIpc) is 2.31. The number of nitrogens with zero attached hydrogens (tertiary/aromatic N) is 1. The summed E-state index contributed by atoms with van der Waals surface area (Å²) in [7, 11) is 1.89. The van der Waals surface area contributed by atoms with Crippen LogP contribution in [0.4, 0.5) is 0 Å². The molecule has 56 valence electrons. The van der Waals surface area contributed by atoms with E-state index in [9.17, 15) is 0 Å². The summed E-state index contributed by atoms with van der Waals surface area (Å²) in [5.74, 6) is 0.426. The minimum Gasteiger partial charge on any atom is -0.510 e. The van der Waals surface area contributed by atoms with Gasteiger partial charge in [-0.3, -0.25) is 4.99 Å². The van der Waals surface area contributed by atoms with Gasteiger partial charge in [-0.05, 0) is 20.0 Å². The zero-order valence-electron chi connectivity index (χ0n) is 6.09. The largest absolute Gasteiger partial charge is 0.510 e. The number of nitrogens with one attached hydrogen (secondary N) is 1. The first kappa shape index (κ1) is 7.28. The summed E-state index contributed by atoms with van der Waals surface area (Å²) in [5.41, 5.74) is 0.967. The normalized spacial score (nSPS) is 16.9. The van der Waals surface area contributed by atoms with Gasteiger partial charge in [0.1, 0.15) is 5.76 Å². The number of aliphatic hydroxyl groups excluding tert-OH is 1. The fourth-order valence-electron chi connectivity index (χ4n) is 0.887. The second-order valence-corrected chi connectivity index (χ2v) is 2.30. The Morgan fingerprint density at radius 2 is 2.60 bits per heavy atom. The van der Waals surface area contributed by atoms with Crippen molar-refractivity contribution in [1.29, 1.82) is 0 Å². The van der Waals surface area contributed by atoms with Crippen LogP contribution in [0, 0.1) is 0 Å². The molecule has 1 heterocycles. The highest BCUT2D eigenvalue weighted by molar-refractivity contribution is 5.81. The van der Waals surface area contributed by atoms with Gasteiger partial charge in [-0.2, -0.15) is 0 Å². The summed E-state index contributed by atoms with van der Waals surface area (Å²) in [6, 6.07) is 0. The van der Waals surface area contributed by atoms with Crippen LogP contribution in [0.15, 0.2) is 16.3 Å². The molecule has 0 aromatic heterocycles. The monoisotopic (exact) mass is 140 g/mol. The molecule has 0 saturated heterocycles. The third kappa shape index (κ3) is 1.57. The number of hydrogen-bond acceptors (Lipinski definition) is 3. The second kappa shape index (κ2) is 3.37. The van der Waals surface area contributed by atoms with Crippen molar-refractivity contribution in [3.05, 3.63) is 11.3 Å². The van der Waals surface area contributed by atoms with Gasteiger partial charge >= 0.3 is 0 Å².